The lowest BCUT2D eigenvalue weighted by molar-refractivity contribution is 0.0693. The van der Waals surface area contributed by atoms with E-state index in [0.29, 0.717) is 18.7 Å². The minimum Gasteiger partial charge on any atom is -0.477 e. The summed E-state index contributed by atoms with van der Waals surface area (Å²) in [6, 6.07) is 1.72. The number of aromatic nitrogens is 3. The van der Waals surface area contributed by atoms with Gasteiger partial charge in [0.25, 0.3) is 5.56 Å². The largest absolute Gasteiger partial charge is 0.477 e. The SMILES string of the molecule is Cc1cc(C)n(CCn2ccnc2)c(=O)c1C(=O)O. The lowest BCUT2D eigenvalue weighted by Crippen LogP contribution is -2.30. The molecule has 2 aromatic rings. The minimum absolute atomic E-state index is 0.156. The first-order chi connectivity index (χ1) is 9.00. The van der Waals surface area contributed by atoms with Crippen LogP contribution in [0.15, 0.2) is 29.6 Å². The maximum atomic E-state index is 12.2. The van der Waals surface area contributed by atoms with Gasteiger partial charge in [-0.25, -0.2) is 9.78 Å². The average molecular weight is 261 g/mol. The molecule has 0 aromatic carbocycles. The Morgan fingerprint density at radius 1 is 1.37 bits per heavy atom. The van der Waals surface area contributed by atoms with Gasteiger partial charge in [0.05, 0.1) is 6.33 Å². The molecule has 6 nitrogen and oxygen atoms in total. The van der Waals surface area contributed by atoms with Crippen LogP contribution in [0.1, 0.15) is 21.6 Å². The highest BCUT2D eigenvalue weighted by atomic mass is 16.4. The van der Waals surface area contributed by atoms with E-state index in [9.17, 15) is 9.59 Å². The fourth-order valence-corrected chi connectivity index (χ4v) is 2.10. The normalized spacial score (nSPS) is 10.6. The molecule has 0 spiro atoms. The molecule has 0 aliphatic rings. The van der Waals surface area contributed by atoms with Crippen LogP contribution < -0.4 is 5.56 Å². The molecule has 0 aliphatic carbocycles. The maximum Gasteiger partial charge on any atom is 0.341 e. The van der Waals surface area contributed by atoms with E-state index in [0.717, 1.165) is 5.69 Å². The summed E-state index contributed by atoms with van der Waals surface area (Å²) in [6.07, 6.45) is 5.12. The van der Waals surface area contributed by atoms with Crippen molar-refractivity contribution in [3.8, 4) is 0 Å². The van der Waals surface area contributed by atoms with Crippen molar-refractivity contribution in [2.45, 2.75) is 26.9 Å². The summed E-state index contributed by atoms with van der Waals surface area (Å²) in [5.74, 6) is -1.18. The number of imidazole rings is 1. The Morgan fingerprint density at radius 3 is 2.68 bits per heavy atom. The highest BCUT2D eigenvalue weighted by molar-refractivity contribution is 5.88. The lowest BCUT2D eigenvalue weighted by Gasteiger charge is -2.13. The van der Waals surface area contributed by atoms with E-state index in [1.807, 2.05) is 4.57 Å². The number of hydrogen-bond acceptors (Lipinski definition) is 3. The van der Waals surface area contributed by atoms with Crippen LogP contribution in [0.25, 0.3) is 0 Å². The van der Waals surface area contributed by atoms with E-state index in [1.165, 1.54) is 4.57 Å². The number of carboxylic acid groups (broad SMARTS) is 1. The van der Waals surface area contributed by atoms with E-state index >= 15 is 0 Å². The molecule has 2 rings (SSSR count). The first-order valence-electron chi connectivity index (χ1n) is 5.91. The molecule has 2 aromatic heterocycles. The zero-order valence-corrected chi connectivity index (χ0v) is 10.8. The molecule has 0 amide bonds. The van der Waals surface area contributed by atoms with Crippen LogP contribution in [0.5, 0.6) is 0 Å². The molecule has 0 bridgehead atoms. The standard InChI is InChI=1S/C13H15N3O3/c1-9-7-10(2)16(12(17)11(9)13(18)19)6-5-15-4-3-14-8-15/h3-4,7-8H,5-6H2,1-2H3,(H,18,19). The average Bonchev–Trinajstić information content (AvgIpc) is 2.80. The Balaban J connectivity index is 2.37. The van der Waals surface area contributed by atoms with Gasteiger partial charge < -0.3 is 14.2 Å². The molecular formula is C13H15N3O3. The van der Waals surface area contributed by atoms with Crippen LogP contribution >= 0.6 is 0 Å². The third-order valence-electron chi connectivity index (χ3n) is 3.06. The van der Waals surface area contributed by atoms with Crippen molar-refractivity contribution in [3.05, 3.63) is 52.0 Å². The molecule has 2 heterocycles. The molecule has 19 heavy (non-hydrogen) atoms. The van der Waals surface area contributed by atoms with Crippen LogP contribution in [0.2, 0.25) is 0 Å². The number of carboxylic acids is 1. The van der Waals surface area contributed by atoms with Crippen molar-refractivity contribution in [2.75, 3.05) is 0 Å². The van der Waals surface area contributed by atoms with Gasteiger partial charge in [-0.1, -0.05) is 0 Å². The molecule has 0 saturated carbocycles. The first-order valence-corrected chi connectivity index (χ1v) is 5.91. The highest BCUT2D eigenvalue weighted by Crippen LogP contribution is 2.06. The Hall–Kier alpha value is -2.37. The van der Waals surface area contributed by atoms with Crippen molar-refractivity contribution in [2.24, 2.45) is 0 Å². The molecule has 0 fully saturated rings. The maximum absolute atomic E-state index is 12.2. The fraction of sp³-hybridized carbons (Fsp3) is 0.308. The van der Waals surface area contributed by atoms with Gasteiger partial charge in [-0.2, -0.15) is 0 Å². The molecule has 0 aliphatic heterocycles. The zero-order valence-electron chi connectivity index (χ0n) is 10.8. The number of nitrogens with zero attached hydrogens (tertiary/aromatic N) is 3. The third kappa shape index (κ3) is 2.57. The fourth-order valence-electron chi connectivity index (χ4n) is 2.10. The molecular weight excluding hydrogens is 246 g/mol. The topological polar surface area (TPSA) is 77.1 Å². The van der Waals surface area contributed by atoms with Gasteiger partial charge in [-0.05, 0) is 25.5 Å². The quantitative estimate of drug-likeness (QED) is 0.892. The van der Waals surface area contributed by atoms with E-state index < -0.39 is 11.5 Å². The second-order valence-electron chi connectivity index (χ2n) is 4.41. The summed E-state index contributed by atoms with van der Waals surface area (Å²) in [6.45, 7) is 4.43. The molecule has 1 N–H and O–H groups in total. The summed E-state index contributed by atoms with van der Waals surface area (Å²) in [7, 11) is 0. The van der Waals surface area contributed by atoms with Crippen molar-refractivity contribution in [1.29, 1.82) is 0 Å². The predicted octanol–water partition coefficient (Wildman–Crippen LogP) is 1.06. The summed E-state index contributed by atoms with van der Waals surface area (Å²) in [5.41, 5.74) is 0.642. The van der Waals surface area contributed by atoms with Gasteiger partial charge in [-0.15, -0.1) is 0 Å². The van der Waals surface area contributed by atoms with E-state index in [-0.39, 0.29) is 5.56 Å². The number of aryl methyl sites for hydroxylation is 3. The van der Waals surface area contributed by atoms with Crippen molar-refractivity contribution < 1.29 is 9.90 Å². The Morgan fingerprint density at radius 2 is 2.11 bits per heavy atom. The summed E-state index contributed by atoms with van der Waals surface area (Å²) >= 11 is 0. The van der Waals surface area contributed by atoms with Gasteiger partial charge in [0, 0.05) is 31.2 Å². The van der Waals surface area contributed by atoms with Crippen LogP contribution in [-0.4, -0.2) is 25.2 Å². The van der Waals surface area contributed by atoms with Gasteiger partial charge in [0.1, 0.15) is 5.56 Å². The summed E-state index contributed by atoms with van der Waals surface area (Å²) < 4.78 is 3.32. The minimum atomic E-state index is -1.18. The number of hydrogen-bond donors (Lipinski definition) is 1. The molecule has 0 radical (unpaired) electrons. The predicted molar refractivity (Wildman–Crippen MR) is 69.4 cm³/mol. The number of aromatic carboxylic acids is 1. The van der Waals surface area contributed by atoms with Crippen molar-refractivity contribution in [1.82, 2.24) is 14.1 Å². The number of carbonyl (C=O) groups is 1. The molecule has 0 unspecified atom stereocenters. The Kier molecular flexibility index (Phi) is 3.50. The van der Waals surface area contributed by atoms with E-state index in [4.69, 9.17) is 5.11 Å². The van der Waals surface area contributed by atoms with Crippen LogP contribution in [-0.2, 0) is 13.1 Å². The monoisotopic (exact) mass is 261 g/mol. The second-order valence-corrected chi connectivity index (χ2v) is 4.41. The molecule has 0 saturated heterocycles. The summed E-state index contributed by atoms with van der Waals surface area (Å²) in [5, 5.41) is 9.09. The molecule has 6 heteroatoms. The Labute approximate surface area is 109 Å². The zero-order chi connectivity index (χ0) is 14.0. The van der Waals surface area contributed by atoms with E-state index in [1.54, 1.807) is 38.6 Å². The van der Waals surface area contributed by atoms with Gasteiger partial charge in [-0.3, -0.25) is 4.79 Å². The first kappa shape index (κ1) is 13.1. The highest BCUT2D eigenvalue weighted by Gasteiger charge is 2.16. The summed E-state index contributed by atoms with van der Waals surface area (Å²) in [4.78, 5) is 27.2. The third-order valence-corrected chi connectivity index (χ3v) is 3.06. The van der Waals surface area contributed by atoms with E-state index in [2.05, 4.69) is 4.98 Å². The van der Waals surface area contributed by atoms with Crippen LogP contribution in [0.4, 0.5) is 0 Å². The smallest absolute Gasteiger partial charge is 0.341 e. The number of rotatable bonds is 4. The number of pyridine rings is 1. The van der Waals surface area contributed by atoms with Gasteiger partial charge in [0.2, 0.25) is 0 Å². The van der Waals surface area contributed by atoms with Gasteiger partial charge in [0.15, 0.2) is 0 Å². The van der Waals surface area contributed by atoms with Crippen LogP contribution in [0, 0.1) is 13.8 Å². The van der Waals surface area contributed by atoms with Gasteiger partial charge >= 0.3 is 5.97 Å². The molecule has 0 atom stereocenters. The van der Waals surface area contributed by atoms with Crippen molar-refractivity contribution in [3.63, 3.8) is 0 Å². The molecule has 100 valence electrons. The van der Waals surface area contributed by atoms with Crippen LogP contribution in [0.3, 0.4) is 0 Å². The Bertz CT molecular complexity index is 657. The lowest BCUT2D eigenvalue weighted by atomic mass is 10.1. The second kappa shape index (κ2) is 5.09. The van der Waals surface area contributed by atoms with Crippen molar-refractivity contribution >= 4 is 5.97 Å².